The first-order valence-corrected chi connectivity index (χ1v) is 11.4. The molecule has 2 aromatic carbocycles. The molecule has 1 heterocycles. The van der Waals surface area contributed by atoms with E-state index in [1.54, 1.807) is 6.07 Å². The lowest BCUT2D eigenvalue weighted by Gasteiger charge is -2.18. The van der Waals surface area contributed by atoms with Crippen molar-refractivity contribution in [3.63, 3.8) is 0 Å². The molecule has 6 heteroatoms. The normalized spacial score (nSPS) is 16.1. The maximum atomic E-state index is 11.8. The van der Waals surface area contributed by atoms with Crippen molar-refractivity contribution in [2.24, 2.45) is 5.92 Å². The molecule has 3 nitrogen and oxygen atoms in total. The van der Waals surface area contributed by atoms with Crippen molar-refractivity contribution in [2.75, 3.05) is 6.26 Å². The number of fused-ring (bicyclic) bond motifs is 1. The summed E-state index contributed by atoms with van der Waals surface area (Å²) in [6.45, 7) is 0. The minimum Gasteiger partial charge on any atom is -0.361 e. The van der Waals surface area contributed by atoms with Gasteiger partial charge in [-0.15, -0.1) is 0 Å². The van der Waals surface area contributed by atoms with E-state index in [1.807, 2.05) is 36.5 Å². The van der Waals surface area contributed by atoms with Crippen molar-refractivity contribution in [3.8, 4) is 0 Å². The van der Waals surface area contributed by atoms with Crippen LogP contribution in [0.5, 0.6) is 0 Å². The topological polar surface area (TPSA) is 49.9 Å². The smallest absolute Gasteiger partial charge is 0.151 e. The fourth-order valence-corrected chi connectivity index (χ4v) is 5.09. The van der Waals surface area contributed by atoms with E-state index in [1.165, 1.54) is 24.7 Å². The molecule has 0 saturated heterocycles. The Morgan fingerprint density at radius 1 is 1.15 bits per heavy atom. The number of para-hydroxylation sites is 1. The predicted molar refractivity (Wildman–Crippen MR) is 108 cm³/mol. The zero-order valence-electron chi connectivity index (χ0n) is 14.3. The van der Waals surface area contributed by atoms with Crippen LogP contribution in [-0.2, 0) is 15.6 Å². The van der Waals surface area contributed by atoms with Crippen molar-refractivity contribution in [2.45, 2.75) is 24.5 Å². The number of H-pyrrole nitrogens is 1. The summed E-state index contributed by atoms with van der Waals surface area (Å²) in [6.07, 6.45) is 5.60. The molecule has 1 unspecified atom stereocenters. The van der Waals surface area contributed by atoms with Gasteiger partial charge in [0.05, 0.1) is 5.75 Å². The fourth-order valence-electron chi connectivity index (χ4n) is 3.76. The summed E-state index contributed by atoms with van der Waals surface area (Å²) >= 11 is 12.6. The second-order valence-corrected chi connectivity index (χ2v) is 10.1. The molecular formula is C20H19Cl2NO2S. The van der Waals surface area contributed by atoms with E-state index in [-0.39, 0.29) is 11.7 Å². The van der Waals surface area contributed by atoms with E-state index in [0.29, 0.717) is 16.0 Å². The van der Waals surface area contributed by atoms with Crippen molar-refractivity contribution in [1.82, 2.24) is 4.98 Å². The third-order valence-electron chi connectivity index (χ3n) is 4.98. The maximum absolute atomic E-state index is 11.8. The van der Waals surface area contributed by atoms with Gasteiger partial charge in [0.2, 0.25) is 0 Å². The SMILES string of the molecule is CS(=O)(=O)Cc1cccc2c(C(c3ccc(Cl)cc3Cl)C3CC3)c[nH]c12. The number of aromatic amines is 1. The van der Waals surface area contributed by atoms with Crippen molar-refractivity contribution >= 4 is 43.9 Å². The molecule has 26 heavy (non-hydrogen) atoms. The van der Waals surface area contributed by atoms with Crippen molar-refractivity contribution in [1.29, 1.82) is 0 Å². The Hall–Kier alpha value is -1.49. The van der Waals surface area contributed by atoms with Gasteiger partial charge in [-0.05, 0) is 47.6 Å². The summed E-state index contributed by atoms with van der Waals surface area (Å²) in [7, 11) is -3.10. The minimum atomic E-state index is -3.10. The average Bonchev–Trinajstić information content (AvgIpc) is 3.28. The molecule has 0 bridgehead atoms. The van der Waals surface area contributed by atoms with Crippen molar-refractivity contribution < 1.29 is 8.42 Å². The summed E-state index contributed by atoms with van der Waals surface area (Å²) in [5.74, 6) is 0.758. The molecule has 3 aromatic rings. The molecule has 0 aliphatic heterocycles. The molecule has 0 amide bonds. The highest BCUT2D eigenvalue weighted by Gasteiger charge is 2.36. The summed E-state index contributed by atoms with van der Waals surface area (Å²) in [4.78, 5) is 3.31. The Balaban J connectivity index is 1.85. The molecule has 0 spiro atoms. The van der Waals surface area contributed by atoms with Gasteiger partial charge in [-0.1, -0.05) is 47.5 Å². The van der Waals surface area contributed by atoms with Crippen LogP contribution in [0, 0.1) is 5.92 Å². The van der Waals surface area contributed by atoms with Crippen LogP contribution in [0.15, 0.2) is 42.6 Å². The summed E-state index contributed by atoms with van der Waals surface area (Å²) in [6, 6.07) is 11.5. The van der Waals surface area contributed by atoms with Gasteiger partial charge in [0.1, 0.15) is 0 Å². The molecule has 1 N–H and O–H groups in total. The Morgan fingerprint density at radius 2 is 1.92 bits per heavy atom. The van der Waals surface area contributed by atoms with Crippen LogP contribution in [0.25, 0.3) is 10.9 Å². The van der Waals surface area contributed by atoms with E-state index in [2.05, 4.69) is 4.98 Å². The Kier molecular flexibility index (Phi) is 4.54. The number of hydrogen-bond donors (Lipinski definition) is 1. The van der Waals surface area contributed by atoms with E-state index < -0.39 is 9.84 Å². The van der Waals surface area contributed by atoms with Gasteiger partial charge in [-0.2, -0.15) is 0 Å². The van der Waals surface area contributed by atoms with E-state index in [4.69, 9.17) is 23.2 Å². The third kappa shape index (κ3) is 3.51. The molecular weight excluding hydrogens is 389 g/mol. The zero-order valence-corrected chi connectivity index (χ0v) is 16.6. The highest BCUT2D eigenvalue weighted by atomic mass is 35.5. The Bertz CT molecular complexity index is 1080. The summed E-state index contributed by atoms with van der Waals surface area (Å²) in [5, 5.41) is 2.37. The number of benzene rings is 2. The molecule has 0 radical (unpaired) electrons. The van der Waals surface area contributed by atoms with Gasteiger partial charge < -0.3 is 4.98 Å². The number of hydrogen-bond acceptors (Lipinski definition) is 2. The third-order valence-corrected chi connectivity index (χ3v) is 6.38. The van der Waals surface area contributed by atoms with Crippen LogP contribution in [0.4, 0.5) is 0 Å². The van der Waals surface area contributed by atoms with Gasteiger partial charge in [-0.3, -0.25) is 0 Å². The molecule has 1 aromatic heterocycles. The average molecular weight is 408 g/mol. The van der Waals surface area contributed by atoms with Gasteiger partial charge >= 0.3 is 0 Å². The first-order chi connectivity index (χ1) is 12.3. The molecule has 136 valence electrons. The molecule has 1 fully saturated rings. The standard InChI is InChI=1S/C20H19Cl2NO2S/c1-26(24,25)11-13-3-2-4-15-17(10-23-20(13)15)19(12-5-6-12)16-8-7-14(21)9-18(16)22/h2-4,7-10,12,19,23H,5-6,11H2,1H3. The highest BCUT2D eigenvalue weighted by Crippen LogP contribution is 2.50. The lowest BCUT2D eigenvalue weighted by Crippen LogP contribution is -2.04. The number of nitrogens with one attached hydrogen (secondary N) is 1. The number of rotatable bonds is 5. The van der Waals surface area contributed by atoms with Crippen LogP contribution < -0.4 is 0 Å². The summed E-state index contributed by atoms with van der Waals surface area (Å²) < 4.78 is 23.5. The van der Waals surface area contributed by atoms with Gasteiger partial charge in [0, 0.05) is 39.3 Å². The van der Waals surface area contributed by atoms with E-state index in [0.717, 1.165) is 22.0 Å². The van der Waals surface area contributed by atoms with Crippen LogP contribution in [0.2, 0.25) is 10.0 Å². The fraction of sp³-hybridized carbons (Fsp3) is 0.300. The second kappa shape index (κ2) is 6.59. The lowest BCUT2D eigenvalue weighted by molar-refractivity contribution is 0.601. The second-order valence-electron chi connectivity index (χ2n) is 7.13. The summed E-state index contributed by atoms with van der Waals surface area (Å²) in [5.41, 5.74) is 3.94. The zero-order chi connectivity index (χ0) is 18.5. The molecule has 4 rings (SSSR count). The first kappa shape index (κ1) is 17.9. The number of aromatic nitrogens is 1. The molecule has 1 atom stereocenters. The van der Waals surface area contributed by atoms with Gasteiger partial charge in [0.15, 0.2) is 9.84 Å². The van der Waals surface area contributed by atoms with Crippen LogP contribution in [0.1, 0.15) is 35.4 Å². The maximum Gasteiger partial charge on any atom is 0.151 e. The van der Waals surface area contributed by atoms with Crippen LogP contribution in [0.3, 0.4) is 0 Å². The van der Waals surface area contributed by atoms with Gasteiger partial charge in [-0.25, -0.2) is 8.42 Å². The quantitative estimate of drug-likeness (QED) is 0.601. The number of halogens is 2. The molecule has 1 saturated carbocycles. The van der Waals surface area contributed by atoms with E-state index in [9.17, 15) is 8.42 Å². The lowest BCUT2D eigenvalue weighted by atomic mass is 9.86. The molecule has 1 aliphatic carbocycles. The largest absolute Gasteiger partial charge is 0.361 e. The van der Waals surface area contributed by atoms with E-state index >= 15 is 0 Å². The highest BCUT2D eigenvalue weighted by molar-refractivity contribution is 7.89. The van der Waals surface area contributed by atoms with Crippen molar-refractivity contribution in [3.05, 3.63) is 69.3 Å². The predicted octanol–water partition coefficient (Wildman–Crippen LogP) is 5.56. The van der Waals surface area contributed by atoms with Crippen LogP contribution >= 0.6 is 23.2 Å². The Labute approximate surface area is 163 Å². The van der Waals surface area contributed by atoms with Crippen LogP contribution in [-0.4, -0.2) is 19.7 Å². The number of sulfone groups is 1. The van der Waals surface area contributed by atoms with Gasteiger partial charge in [0.25, 0.3) is 0 Å². The minimum absolute atomic E-state index is 0.0279. The first-order valence-electron chi connectivity index (χ1n) is 8.55. The Morgan fingerprint density at radius 3 is 2.58 bits per heavy atom. The molecule has 1 aliphatic rings. The monoisotopic (exact) mass is 407 g/mol.